The molecule has 3 atom stereocenters. The Bertz CT molecular complexity index is 589. The van der Waals surface area contributed by atoms with Crippen LogP contribution in [0.4, 0.5) is 0 Å². The largest absolute Gasteiger partial charge is 0.488 e. The van der Waals surface area contributed by atoms with Crippen LogP contribution in [0.3, 0.4) is 0 Å². The fraction of sp³-hybridized carbons (Fsp3) is 0.579. The molecular formula is C19H29NO4S. The predicted molar refractivity (Wildman–Crippen MR) is 101 cm³/mol. The summed E-state index contributed by atoms with van der Waals surface area (Å²) in [5.41, 5.74) is 1.37. The van der Waals surface area contributed by atoms with Crippen LogP contribution in [-0.4, -0.2) is 23.0 Å². The maximum Gasteiger partial charge on any atom is 0.305 e. The Morgan fingerprint density at radius 1 is 1.16 bits per heavy atom. The van der Waals surface area contributed by atoms with Crippen molar-refractivity contribution < 1.29 is 17.3 Å². The first-order chi connectivity index (χ1) is 11.4. The van der Waals surface area contributed by atoms with E-state index in [0.29, 0.717) is 0 Å². The Morgan fingerprint density at radius 2 is 1.76 bits per heavy atom. The minimum atomic E-state index is -1.83. The number of terminal acetylenes is 1. The lowest BCUT2D eigenvalue weighted by Gasteiger charge is -2.30. The summed E-state index contributed by atoms with van der Waals surface area (Å²) in [5, 5.41) is 0. The standard InChI is InChI=1S/C19H26O4S.H3N/c1-5-14-21-24(20)23-18-9-7-6-8-17(18)22-16-12-10-15(11-13-16)19(2,3)4;/h1,10-13,17-18H,6-9,14H2,2-4H3;1H3. The fourth-order valence-corrected chi connectivity index (χ4v) is 3.37. The van der Waals surface area contributed by atoms with Gasteiger partial charge >= 0.3 is 11.4 Å². The second-order valence-electron chi connectivity index (χ2n) is 7.02. The second-order valence-corrected chi connectivity index (χ2v) is 7.86. The summed E-state index contributed by atoms with van der Waals surface area (Å²) in [6.45, 7) is 6.51. The second kappa shape index (κ2) is 9.93. The van der Waals surface area contributed by atoms with E-state index in [9.17, 15) is 4.21 Å². The lowest BCUT2D eigenvalue weighted by atomic mass is 9.87. The molecule has 1 saturated carbocycles. The number of rotatable bonds is 6. The molecule has 1 aromatic rings. The van der Waals surface area contributed by atoms with Crippen LogP contribution in [-0.2, 0) is 25.1 Å². The molecule has 0 aliphatic heterocycles. The molecule has 0 saturated heterocycles. The molecular weight excluding hydrogens is 338 g/mol. The van der Waals surface area contributed by atoms with E-state index in [2.05, 4.69) is 38.8 Å². The molecule has 0 aromatic heterocycles. The molecule has 0 heterocycles. The third kappa shape index (κ3) is 6.79. The fourth-order valence-electron chi connectivity index (χ4n) is 2.73. The van der Waals surface area contributed by atoms with Crippen LogP contribution in [0.15, 0.2) is 24.3 Å². The summed E-state index contributed by atoms with van der Waals surface area (Å²) in [6, 6.07) is 8.14. The van der Waals surface area contributed by atoms with E-state index in [1.807, 2.05) is 12.1 Å². The van der Waals surface area contributed by atoms with Crippen LogP contribution in [0.5, 0.6) is 5.75 Å². The van der Waals surface area contributed by atoms with Crippen molar-refractivity contribution in [3.8, 4) is 18.1 Å². The van der Waals surface area contributed by atoms with Gasteiger partial charge in [0.25, 0.3) is 0 Å². The van der Waals surface area contributed by atoms with E-state index in [1.54, 1.807) is 0 Å². The van der Waals surface area contributed by atoms with E-state index in [4.69, 9.17) is 19.5 Å². The molecule has 2 rings (SSSR count). The van der Waals surface area contributed by atoms with E-state index in [1.165, 1.54) is 5.56 Å². The molecule has 1 fully saturated rings. The lowest BCUT2D eigenvalue weighted by molar-refractivity contribution is 0.0239. The zero-order valence-corrected chi connectivity index (χ0v) is 16.1. The van der Waals surface area contributed by atoms with Crippen molar-refractivity contribution in [2.45, 2.75) is 64.1 Å². The van der Waals surface area contributed by atoms with Gasteiger partial charge in [0.1, 0.15) is 24.6 Å². The van der Waals surface area contributed by atoms with Gasteiger partial charge in [0.15, 0.2) is 0 Å². The van der Waals surface area contributed by atoms with Gasteiger partial charge in [0.05, 0.1) is 0 Å². The first-order valence-corrected chi connectivity index (χ1v) is 9.33. The molecule has 6 heteroatoms. The first-order valence-electron chi connectivity index (χ1n) is 8.33. The minimum Gasteiger partial charge on any atom is -0.488 e. The maximum atomic E-state index is 11.7. The van der Waals surface area contributed by atoms with Gasteiger partial charge < -0.3 is 10.9 Å². The molecule has 0 bridgehead atoms. The molecule has 140 valence electrons. The highest BCUT2D eigenvalue weighted by Crippen LogP contribution is 2.29. The van der Waals surface area contributed by atoms with Crippen molar-refractivity contribution in [2.24, 2.45) is 0 Å². The van der Waals surface area contributed by atoms with Crippen molar-refractivity contribution in [1.82, 2.24) is 6.15 Å². The normalized spacial score (nSPS) is 21.7. The van der Waals surface area contributed by atoms with E-state index < -0.39 is 11.4 Å². The van der Waals surface area contributed by atoms with Gasteiger partial charge in [0, 0.05) is 0 Å². The van der Waals surface area contributed by atoms with Crippen molar-refractivity contribution >= 4 is 11.4 Å². The monoisotopic (exact) mass is 367 g/mol. The topological polar surface area (TPSA) is 79.8 Å². The minimum absolute atomic E-state index is 0. The Balaban J connectivity index is 0.00000312. The van der Waals surface area contributed by atoms with Gasteiger partial charge in [-0.15, -0.1) is 6.42 Å². The van der Waals surface area contributed by atoms with Gasteiger partial charge in [-0.05, 0) is 42.4 Å². The highest BCUT2D eigenvalue weighted by atomic mass is 32.2. The van der Waals surface area contributed by atoms with Gasteiger partial charge in [-0.2, -0.15) is 4.21 Å². The molecule has 0 spiro atoms. The van der Waals surface area contributed by atoms with Crippen LogP contribution in [0.25, 0.3) is 0 Å². The highest BCUT2D eigenvalue weighted by molar-refractivity contribution is 7.75. The van der Waals surface area contributed by atoms with Crippen LogP contribution >= 0.6 is 0 Å². The van der Waals surface area contributed by atoms with E-state index >= 15 is 0 Å². The SMILES string of the molecule is C#CCOS(=O)OC1CCCCC1Oc1ccc(C(C)(C)C)cc1.N. The third-order valence-corrected chi connectivity index (χ3v) is 4.81. The van der Waals surface area contributed by atoms with Crippen LogP contribution in [0, 0.1) is 12.3 Å². The molecule has 0 amide bonds. The zero-order chi connectivity index (χ0) is 17.6. The molecule has 5 nitrogen and oxygen atoms in total. The summed E-state index contributed by atoms with van der Waals surface area (Å²) in [4.78, 5) is 0. The summed E-state index contributed by atoms with van der Waals surface area (Å²) in [7, 11) is 0. The van der Waals surface area contributed by atoms with Gasteiger partial charge in [-0.3, -0.25) is 8.37 Å². The number of benzene rings is 1. The maximum absolute atomic E-state index is 11.7. The van der Waals surface area contributed by atoms with E-state index in [-0.39, 0.29) is 30.4 Å². The van der Waals surface area contributed by atoms with Gasteiger partial charge in [-0.25, -0.2) is 0 Å². The van der Waals surface area contributed by atoms with E-state index in [0.717, 1.165) is 31.4 Å². The molecule has 1 aliphatic carbocycles. The molecule has 1 aliphatic rings. The molecule has 1 aromatic carbocycles. The Hall–Kier alpha value is -1.39. The van der Waals surface area contributed by atoms with Crippen molar-refractivity contribution in [3.63, 3.8) is 0 Å². The van der Waals surface area contributed by atoms with Crippen molar-refractivity contribution in [3.05, 3.63) is 29.8 Å². The molecule has 25 heavy (non-hydrogen) atoms. The lowest BCUT2D eigenvalue weighted by Crippen LogP contribution is -2.37. The average Bonchev–Trinajstić information content (AvgIpc) is 2.54. The quantitative estimate of drug-likeness (QED) is 0.766. The summed E-state index contributed by atoms with van der Waals surface area (Å²) in [5.74, 6) is 3.08. The van der Waals surface area contributed by atoms with Crippen LogP contribution in [0.1, 0.15) is 52.0 Å². The third-order valence-electron chi connectivity index (χ3n) is 4.09. The Morgan fingerprint density at radius 3 is 2.32 bits per heavy atom. The molecule has 3 N–H and O–H groups in total. The molecule has 0 radical (unpaired) electrons. The highest BCUT2D eigenvalue weighted by Gasteiger charge is 2.30. The van der Waals surface area contributed by atoms with Crippen LogP contribution in [0.2, 0.25) is 0 Å². The van der Waals surface area contributed by atoms with Gasteiger partial charge in [-0.1, -0.05) is 45.2 Å². The van der Waals surface area contributed by atoms with Crippen molar-refractivity contribution in [2.75, 3.05) is 6.61 Å². The van der Waals surface area contributed by atoms with Crippen LogP contribution < -0.4 is 10.9 Å². The number of ether oxygens (including phenoxy) is 1. The summed E-state index contributed by atoms with van der Waals surface area (Å²) < 4.78 is 28.2. The number of hydrogen-bond donors (Lipinski definition) is 1. The first kappa shape index (κ1) is 21.7. The summed E-state index contributed by atoms with van der Waals surface area (Å²) >= 11 is -1.83. The number of hydrogen-bond acceptors (Lipinski definition) is 5. The average molecular weight is 368 g/mol. The zero-order valence-electron chi connectivity index (χ0n) is 15.3. The predicted octanol–water partition coefficient (Wildman–Crippen LogP) is 4.08. The smallest absolute Gasteiger partial charge is 0.305 e. The summed E-state index contributed by atoms with van der Waals surface area (Å²) in [6.07, 6.45) is 8.49. The Kier molecular flexibility index (Phi) is 8.60. The molecule has 3 unspecified atom stereocenters. The Labute approximate surface area is 153 Å². The van der Waals surface area contributed by atoms with Gasteiger partial charge in [0.2, 0.25) is 0 Å². The van der Waals surface area contributed by atoms with Crippen molar-refractivity contribution in [1.29, 1.82) is 0 Å².